The Kier molecular flexibility index (Phi) is 9.41. The van der Waals surface area contributed by atoms with Gasteiger partial charge in [0.25, 0.3) is 0 Å². The molecule has 3 aromatic carbocycles. The number of carbonyl (C=O) groups excluding carboxylic acids is 2. The zero-order valence-electron chi connectivity index (χ0n) is 21.3. The van der Waals surface area contributed by atoms with Crippen LogP contribution in [0.1, 0.15) is 44.7 Å². The van der Waals surface area contributed by atoms with Crippen molar-refractivity contribution in [2.75, 3.05) is 10.6 Å². The summed E-state index contributed by atoms with van der Waals surface area (Å²) in [5, 5.41) is 28.2. The van der Waals surface area contributed by atoms with Gasteiger partial charge in [-0.25, -0.2) is 0 Å². The van der Waals surface area contributed by atoms with Gasteiger partial charge in [0.1, 0.15) is 17.5 Å². The zero-order chi connectivity index (χ0) is 27.0. The average molecular weight is 506 g/mol. The Bertz CT molecular complexity index is 1110. The molecule has 0 aliphatic rings. The molecule has 0 bridgehead atoms. The first-order chi connectivity index (χ1) is 17.6. The van der Waals surface area contributed by atoms with Gasteiger partial charge in [-0.05, 0) is 66.3 Å². The van der Waals surface area contributed by atoms with Crippen molar-refractivity contribution in [3.05, 3.63) is 90.0 Å². The van der Waals surface area contributed by atoms with Crippen LogP contribution in [0.3, 0.4) is 0 Å². The summed E-state index contributed by atoms with van der Waals surface area (Å²) in [5.41, 5.74) is 7.17. The fourth-order valence-electron chi connectivity index (χ4n) is 4.34. The predicted octanol–water partition coefficient (Wildman–Crippen LogP) is 3.98. The molecule has 0 aliphatic carbocycles. The molecule has 37 heavy (non-hydrogen) atoms. The molecule has 3 rings (SSSR count). The standard InChI is InChI=1S/C29H35N3O5/c1-19(17-27(35)28(30)37-26-7-5-4-6-8-26)18-29(36,22-9-13-24(14-10-22)31-20(2)33)23-11-15-25(16-12-23)32-21(3)34/h4-16,19,27-28,35-36H,17-18,30H2,1-3H3,(H,31,33)(H,32,34)/t19?,27-,28?/m0/s1. The van der Waals surface area contributed by atoms with Crippen LogP contribution >= 0.6 is 0 Å². The van der Waals surface area contributed by atoms with E-state index in [1.807, 2.05) is 25.1 Å². The number of aliphatic hydroxyl groups is 2. The minimum Gasteiger partial charge on any atom is -0.473 e. The first-order valence-corrected chi connectivity index (χ1v) is 12.2. The lowest BCUT2D eigenvalue weighted by molar-refractivity contribution is -0.115. The summed E-state index contributed by atoms with van der Waals surface area (Å²) in [6.07, 6.45) is -1.30. The summed E-state index contributed by atoms with van der Waals surface area (Å²) in [6, 6.07) is 23.0. The van der Waals surface area contributed by atoms with E-state index >= 15 is 0 Å². The average Bonchev–Trinajstić information content (AvgIpc) is 2.84. The Balaban J connectivity index is 1.81. The van der Waals surface area contributed by atoms with Crippen molar-refractivity contribution < 1.29 is 24.5 Å². The van der Waals surface area contributed by atoms with Crippen LogP contribution in [0.15, 0.2) is 78.9 Å². The van der Waals surface area contributed by atoms with Crippen LogP contribution in [0.4, 0.5) is 11.4 Å². The fraction of sp³-hybridized carbons (Fsp3) is 0.310. The van der Waals surface area contributed by atoms with Crippen molar-refractivity contribution in [3.8, 4) is 5.75 Å². The van der Waals surface area contributed by atoms with Crippen LogP contribution in [0.25, 0.3) is 0 Å². The smallest absolute Gasteiger partial charge is 0.221 e. The molecule has 3 aromatic rings. The largest absolute Gasteiger partial charge is 0.473 e. The zero-order valence-corrected chi connectivity index (χ0v) is 21.3. The SMILES string of the molecule is CC(=O)Nc1ccc(C(O)(CC(C)C[C@H](O)C(N)Oc2ccccc2)c2ccc(NC(C)=O)cc2)cc1. The molecule has 8 nitrogen and oxygen atoms in total. The monoisotopic (exact) mass is 505 g/mol. The van der Waals surface area contributed by atoms with Crippen molar-refractivity contribution in [2.45, 2.75) is 51.5 Å². The molecule has 0 saturated heterocycles. The highest BCUT2D eigenvalue weighted by molar-refractivity contribution is 5.89. The second kappa shape index (κ2) is 12.5. The highest BCUT2D eigenvalue weighted by Crippen LogP contribution is 2.38. The van der Waals surface area contributed by atoms with Crippen LogP contribution in [-0.2, 0) is 15.2 Å². The molecule has 3 atom stereocenters. The Morgan fingerprint density at radius 1 is 0.865 bits per heavy atom. The number of anilines is 2. The van der Waals surface area contributed by atoms with Gasteiger partial charge in [-0.15, -0.1) is 0 Å². The number of hydrogen-bond acceptors (Lipinski definition) is 6. The van der Waals surface area contributed by atoms with Crippen molar-refractivity contribution >= 4 is 23.2 Å². The lowest BCUT2D eigenvalue weighted by Gasteiger charge is -2.33. The van der Waals surface area contributed by atoms with E-state index in [2.05, 4.69) is 10.6 Å². The molecule has 6 N–H and O–H groups in total. The third-order valence-corrected chi connectivity index (χ3v) is 6.05. The summed E-state index contributed by atoms with van der Waals surface area (Å²) in [4.78, 5) is 22.8. The number of nitrogens with one attached hydrogen (secondary N) is 2. The van der Waals surface area contributed by atoms with Gasteiger partial charge in [-0.1, -0.05) is 49.4 Å². The summed E-state index contributed by atoms with van der Waals surface area (Å²) in [6.45, 7) is 4.79. The van der Waals surface area contributed by atoms with Gasteiger partial charge in [-0.3, -0.25) is 15.3 Å². The molecule has 0 radical (unpaired) electrons. The van der Waals surface area contributed by atoms with E-state index in [4.69, 9.17) is 10.5 Å². The van der Waals surface area contributed by atoms with E-state index < -0.39 is 17.9 Å². The predicted molar refractivity (Wildman–Crippen MR) is 144 cm³/mol. The molecule has 196 valence electrons. The van der Waals surface area contributed by atoms with Crippen molar-refractivity contribution in [3.63, 3.8) is 0 Å². The molecule has 0 aliphatic heterocycles. The number of amides is 2. The quantitative estimate of drug-likeness (QED) is 0.250. The summed E-state index contributed by atoms with van der Waals surface area (Å²) < 4.78 is 5.66. The summed E-state index contributed by atoms with van der Waals surface area (Å²) in [5.74, 6) is 0.0358. The Hall–Kier alpha value is -3.72. The lowest BCUT2D eigenvalue weighted by atomic mass is 9.78. The number of para-hydroxylation sites is 1. The third kappa shape index (κ3) is 7.88. The molecule has 0 aromatic heterocycles. The molecule has 2 amide bonds. The maximum atomic E-state index is 12.0. The van der Waals surface area contributed by atoms with E-state index in [-0.39, 0.29) is 24.2 Å². The van der Waals surface area contributed by atoms with Gasteiger partial charge in [0.15, 0.2) is 6.23 Å². The topological polar surface area (TPSA) is 134 Å². The van der Waals surface area contributed by atoms with E-state index in [1.54, 1.807) is 60.7 Å². The van der Waals surface area contributed by atoms with Gasteiger partial charge in [0.05, 0.1) is 0 Å². The molecule has 0 saturated carbocycles. The maximum absolute atomic E-state index is 12.0. The number of aliphatic hydroxyl groups excluding tert-OH is 1. The van der Waals surface area contributed by atoms with Crippen LogP contribution in [0.5, 0.6) is 5.75 Å². The number of rotatable bonds is 11. The molecule has 2 unspecified atom stereocenters. The van der Waals surface area contributed by atoms with Gasteiger partial charge in [0.2, 0.25) is 11.8 Å². The number of carbonyl (C=O) groups is 2. The second-order valence-electron chi connectivity index (χ2n) is 9.39. The van der Waals surface area contributed by atoms with Gasteiger partial charge < -0.3 is 25.6 Å². The first kappa shape index (κ1) is 27.9. The highest BCUT2D eigenvalue weighted by Gasteiger charge is 2.34. The van der Waals surface area contributed by atoms with Gasteiger partial charge in [0, 0.05) is 25.2 Å². The number of hydrogen-bond donors (Lipinski definition) is 5. The summed E-state index contributed by atoms with van der Waals surface area (Å²) in [7, 11) is 0. The molecular weight excluding hydrogens is 470 g/mol. The minimum absolute atomic E-state index is 0.157. The molecular formula is C29H35N3O5. The van der Waals surface area contributed by atoms with Crippen molar-refractivity contribution in [1.82, 2.24) is 0 Å². The fourth-order valence-corrected chi connectivity index (χ4v) is 4.34. The highest BCUT2D eigenvalue weighted by atomic mass is 16.5. The molecule has 0 heterocycles. The lowest BCUT2D eigenvalue weighted by Crippen LogP contribution is -2.41. The Morgan fingerprint density at radius 2 is 1.32 bits per heavy atom. The van der Waals surface area contributed by atoms with Crippen molar-refractivity contribution in [2.24, 2.45) is 11.7 Å². The molecule has 0 fully saturated rings. The third-order valence-electron chi connectivity index (χ3n) is 6.05. The molecule has 0 spiro atoms. The van der Waals surface area contributed by atoms with Crippen LogP contribution in [0.2, 0.25) is 0 Å². The van der Waals surface area contributed by atoms with Gasteiger partial charge in [-0.2, -0.15) is 0 Å². The van der Waals surface area contributed by atoms with E-state index in [0.29, 0.717) is 34.7 Å². The van der Waals surface area contributed by atoms with Crippen LogP contribution in [0, 0.1) is 5.92 Å². The van der Waals surface area contributed by atoms with E-state index in [9.17, 15) is 19.8 Å². The summed E-state index contributed by atoms with van der Waals surface area (Å²) >= 11 is 0. The van der Waals surface area contributed by atoms with Crippen LogP contribution in [-0.4, -0.2) is 34.4 Å². The Labute approximate surface area is 217 Å². The Morgan fingerprint density at radius 3 is 1.76 bits per heavy atom. The second-order valence-corrected chi connectivity index (χ2v) is 9.39. The molecule has 8 heteroatoms. The van der Waals surface area contributed by atoms with E-state index in [0.717, 1.165) is 0 Å². The normalized spacial score (nSPS) is 13.8. The van der Waals surface area contributed by atoms with E-state index in [1.165, 1.54) is 13.8 Å². The number of nitrogens with two attached hydrogens (primary N) is 1. The van der Waals surface area contributed by atoms with Crippen molar-refractivity contribution in [1.29, 1.82) is 0 Å². The first-order valence-electron chi connectivity index (χ1n) is 12.2. The minimum atomic E-state index is -1.41. The number of ether oxygens (including phenoxy) is 1. The number of benzene rings is 3. The van der Waals surface area contributed by atoms with Gasteiger partial charge >= 0.3 is 0 Å². The van der Waals surface area contributed by atoms with Crippen LogP contribution < -0.4 is 21.1 Å². The maximum Gasteiger partial charge on any atom is 0.221 e.